The summed E-state index contributed by atoms with van der Waals surface area (Å²) in [7, 11) is 0. The number of aromatic nitrogens is 1. The zero-order chi connectivity index (χ0) is 15.5. The molecule has 0 saturated carbocycles. The van der Waals surface area contributed by atoms with Gasteiger partial charge in [0.2, 0.25) is 5.91 Å². The zero-order valence-electron chi connectivity index (χ0n) is 12.7. The summed E-state index contributed by atoms with van der Waals surface area (Å²) in [5, 5.41) is 3.96. The number of para-hydroxylation sites is 1. The highest BCUT2D eigenvalue weighted by Gasteiger charge is 2.07. The fourth-order valence-corrected chi connectivity index (χ4v) is 3.26. The van der Waals surface area contributed by atoms with Crippen molar-refractivity contribution < 1.29 is 4.79 Å². The van der Waals surface area contributed by atoms with Crippen LogP contribution in [-0.2, 0) is 11.2 Å². The Morgan fingerprint density at radius 2 is 1.95 bits per heavy atom. The second-order valence-electron chi connectivity index (χ2n) is 5.42. The van der Waals surface area contributed by atoms with Crippen LogP contribution in [0.1, 0.15) is 22.6 Å². The first-order chi connectivity index (χ1) is 10.6. The van der Waals surface area contributed by atoms with E-state index in [9.17, 15) is 4.79 Å². The van der Waals surface area contributed by atoms with Crippen LogP contribution in [0.2, 0.25) is 0 Å². The summed E-state index contributed by atoms with van der Waals surface area (Å²) in [5.41, 5.74) is 4.28. The number of fused-ring (bicyclic) bond motifs is 1. The third kappa shape index (κ3) is 3.34. The molecular weight excluding hydrogens is 292 g/mol. The number of rotatable bonds is 4. The van der Waals surface area contributed by atoms with Gasteiger partial charge in [0.1, 0.15) is 0 Å². The Labute approximate surface area is 134 Å². The van der Waals surface area contributed by atoms with E-state index in [-0.39, 0.29) is 5.91 Å². The summed E-state index contributed by atoms with van der Waals surface area (Å²) < 4.78 is 1.17. The molecule has 1 aromatic heterocycles. The molecule has 112 valence electrons. The van der Waals surface area contributed by atoms with Crippen LogP contribution in [0, 0.1) is 13.8 Å². The summed E-state index contributed by atoms with van der Waals surface area (Å²) in [5.74, 6) is 0.0301. The van der Waals surface area contributed by atoms with Gasteiger partial charge in [-0.25, -0.2) is 4.98 Å². The summed E-state index contributed by atoms with van der Waals surface area (Å²) in [6, 6.07) is 14.0. The highest BCUT2D eigenvalue weighted by Crippen LogP contribution is 2.22. The van der Waals surface area contributed by atoms with E-state index in [1.54, 1.807) is 11.3 Å². The van der Waals surface area contributed by atoms with Gasteiger partial charge in [-0.1, -0.05) is 18.2 Å². The van der Waals surface area contributed by atoms with E-state index >= 15 is 0 Å². The molecule has 1 amide bonds. The Morgan fingerprint density at radius 3 is 2.73 bits per heavy atom. The van der Waals surface area contributed by atoms with Gasteiger partial charge in [0.05, 0.1) is 15.2 Å². The van der Waals surface area contributed by atoms with Crippen LogP contribution in [-0.4, -0.2) is 10.9 Å². The minimum atomic E-state index is 0.0301. The Morgan fingerprint density at radius 1 is 1.14 bits per heavy atom. The molecule has 0 unspecified atom stereocenters. The smallest absolute Gasteiger partial charge is 0.224 e. The lowest BCUT2D eigenvalue weighted by molar-refractivity contribution is -0.116. The summed E-state index contributed by atoms with van der Waals surface area (Å²) in [6.07, 6.45) is 1.13. The van der Waals surface area contributed by atoms with E-state index in [1.165, 1.54) is 15.8 Å². The number of benzene rings is 2. The minimum absolute atomic E-state index is 0.0301. The van der Waals surface area contributed by atoms with Crippen molar-refractivity contribution in [3.8, 4) is 0 Å². The van der Waals surface area contributed by atoms with E-state index in [0.29, 0.717) is 12.8 Å². The van der Waals surface area contributed by atoms with Crippen LogP contribution in [0.3, 0.4) is 0 Å². The fourth-order valence-electron chi connectivity index (χ4n) is 2.29. The van der Waals surface area contributed by atoms with Crippen LogP contribution in [0.4, 0.5) is 5.69 Å². The molecule has 0 fully saturated rings. The van der Waals surface area contributed by atoms with Crippen LogP contribution in [0.15, 0.2) is 42.5 Å². The van der Waals surface area contributed by atoms with Crippen molar-refractivity contribution in [2.24, 2.45) is 0 Å². The molecule has 3 aromatic rings. The van der Waals surface area contributed by atoms with Gasteiger partial charge < -0.3 is 5.32 Å². The molecule has 0 aliphatic heterocycles. The second-order valence-corrected chi connectivity index (χ2v) is 6.54. The molecule has 0 spiro atoms. The van der Waals surface area contributed by atoms with Crippen molar-refractivity contribution in [2.45, 2.75) is 26.7 Å². The van der Waals surface area contributed by atoms with Crippen molar-refractivity contribution in [3.05, 3.63) is 58.6 Å². The molecule has 22 heavy (non-hydrogen) atoms. The number of nitrogens with one attached hydrogen (secondary N) is 1. The quantitative estimate of drug-likeness (QED) is 0.771. The van der Waals surface area contributed by atoms with Gasteiger partial charge in [-0.05, 0) is 49.2 Å². The lowest BCUT2D eigenvalue weighted by Crippen LogP contribution is -2.12. The minimum Gasteiger partial charge on any atom is -0.326 e. The highest BCUT2D eigenvalue weighted by molar-refractivity contribution is 7.18. The fraction of sp³-hybridized carbons (Fsp3) is 0.222. The van der Waals surface area contributed by atoms with Gasteiger partial charge in [0.25, 0.3) is 0 Å². The average Bonchev–Trinajstić information content (AvgIpc) is 2.92. The largest absolute Gasteiger partial charge is 0.326 e. The standard InChI is InChI=1S/C18H18N2OS/c1-12-7-8-14(11-13(12)2)19-17(21)9-10-18-20-15-5-3-4-6-16(15)22-18/h3-8,11H,9-10H2,1-2H3,(H,19,21). The molecule has 0 atom stereocenters. The molecule has 4 heteroatoms. The van der Waals surface area contributed by atoms with E-state index in [2.05, 4.69) is 23.3 Å². The summed E-state index contributed by atoms with van der Waals surface area (Å²) >= 11 is 1.66. The van der Waals surface area contributed by atoms with E-state index in [1.807, 2.05) is 43.3 Å². The predicted octanol–water partition coefficient (Wildman–Crippen LogP) is 4.48. The average molecular weight is 310 g/mol. The lowest BCUT2D eigenvalue weighted by atomic mass is 10.1. The SMILES string of the molecule is Cc1ccc(NC(=O)CCc2nc3ccccc3s2)cc1C. The molecule has 0 aliphatic carbocycles. The van der Waals surface area contributed by atoms with Crippen LogP contribution >= 0.6 is 11.3 Å². The topological polar surface area (TPSA) is 42.0 Å². The van der Waals surface area contributed by atoms with Crippen molar-refractivity contribution in [3.63, 3.8) is 0 Å². The Hall–Kier alpha value is -2.20. The molecule has 1 heterocycles. The molecule has 0 bridgehead atoms. The molecule has 1 N–H and O–H groups in total. The third-order valence-corrected chi connectivity index (χ3v) is 4.79. The first-order valence-corrected chi connectivity index (χ1v) is 8.15. The normalized spacial score (nSPS) is 10.8. The molecule has 0 saturated heterocycles. The van der Waals surface area contributed by atoms with Crippen molar-refractivity contribution in [2.75, 3.05) is 5.32 Å². The summed E-state index contributed by atoms with van der Waals surface area (Å²) in [4.78, 5) is 16.6. The number of carbonyl (C=O) groups is 1. The monoisotopic (exact) mass is 310 g/mol. The number of carbonyl (C=O) groups excluding carboxylic acids is 1. The van der Waals surface area contributed by atoms with Gasteiger partial charge in [0.15, 0.2) is 0 Å². The van der Waals surface area contributed by atoms with Gasteiger partial charge in [0, 0.05) is 18.5 Å². The highest BCUT2D eigenvalue weighted by atomic mass is 32.1. The van der Waals surface area contributed by atoms with Gasteiger partial charge >= 0.3 is 0 Å². The first-order valence-electron chi connectivity index (χ1n) is 7.33. The number of amides is 1. The maximum absolute atomic E-state index is 12.1. The molecule has 3 rings (SSSR count). The maximum Gasteiger partial charge on any atom is 0.224 e. The third-order valence-electron chi connectivity index (χ3n) is 3.69. The first kappa shape index (κ1) is 14.7. The molecule has 3 nitrogen and oxygen atoms in total. The van der Waals surface area contributed by atoms with Crippen LogP contribution in [0.25, 0.3) is 10.2 Å². The second kappa shape index (κ2) is 6.28. The Kier molecular flexibility index (Phi) is 4.20. The van der Waals surface area contributed by atoms with Crippen molar-refractivity contribution >= 4 is 33.1 Å². The van der Waals surface area contributed by atoms with E-state index in [4.69, 9.17) is 0 Å². The van der Waals surface area contributed by atoms with Crippen molar-refractivity contribution in [1.29, 1.82) is 0 Å². The van der Waals surface area contributed by atoms with Crippen LogP contribution in [0.5, 0.6) is 0 Å². The molecule has 0 aliphatic rings. The van der Waals surface area contributed by atoms with Crippen molar-refractivity contribution in [1.82, 2.24) is 4.98 Å². The number of hydrogen-bond donors (Lipinski definition) is 1. The molecule has 2 aromatic carbocycles. The number of aryl methyl sites for hydroxylation is 3. The summed E-state index contributed by atoms with van der Waals surface area (Å²) in [6.45, 7) is 4.11. The number of anilines is 1. The Balaban J connectivity index is 1.60. The number of thiazole rings is 1. The van der Waals surface area contributed by atoms with Gasteiger partial charge in [-0.15, -0.1) is 11.3 Å². The predicted molar refractivity (Wildman–Crippen MR) is 92.5 cm³/mol. The van der Waals surface area contributed by atoms with Gasteiger partial charge in [-0.3, -0.25) is 4.79 Å². The zero-order valence-corrected chi connectivity index (χ0v) is 13.5. The van der Waals surface area contributed by atoms with E-state index < -0.39 is 0 Å². The van der Waals surface area contributed by atoms with E-state index in [0.717, 1.165) is 16.2 Å². The molecule has 0 radical (unpaired) electrons. The number of nitrogens with zero attached hydrogens (tertiary/aromatic N) is 1. The lowest BCUT2D eigenvalue weighted by Gasteiger charge is -2.07. The number of hydrogen-bond acceptors (Lipinski definition) is 3. The van der Waals surface area contributed by atoms with Gasteiger partial charge in [-0.2, -0.15) is 0 Å². The molecular formula is C18H18N2OS. The van der Waals surface area contributed by atoms with Crippen LogP contribution < -0.4 is 5.32 Å². The maximum atomic E-state index is 12.1. The Bertz CT molecular complexity index is 790.